The Labute approximate surface area is 188 Å². The Kier molecular flexibility index (Phi) is 4.60. The SMILES string of the molecule is Cc1ccnc(N2C(=O)c3oc4ccc(Br)cc4c(=O)c3C2c2cccc(Br)c2)c1. The average molecular weight is 526 g/mol. The van der Waals surface area contributed by atoms with Crippen LogP contribution in [0.15, 0.2) is 79.0 Å². The van der Waals surface area contributed by atoms with E-state index in [4.69, 9.17) is 4.42 Å². The average Bonchev–Trinajstić information content (AvgIpc) is 3.01. The van der Waals surface area contributed by atoms with Crippen LogP contribution in [0.4, 0.5) is 5.82 Å². The van der Waals surface area contributed by atoms with Gasteiger partial charge in [0, 0.05) is 15.1 Å². The van der Waals surface area contributed by atoms with E-state index in [2.05, 4.69) is 36.8 Å². The van der Waals surface area contributed by atoms with E-state index in [-0.39, 0.29) is 17.1 Å². The number of anilines is 1. The predicted molar refractivity (Wildman–Crippen MR) is 122 cm³/mol. The number of carbonyl (C=O) groups is 1. The van der Waals surface area contributed by atoms with Crippen LogP contribution in [-0.4, -0.2) is 10.9 Å². The lowest BCUT2D eigenvalue weighted by Crippen LogP contribution is -2.30. The maximum absolute atomic E-state index is 13.5. The van der Waals surface area contributed by atoms with Crippen molar-refractivity contribution in [1.82, 2.24) is 4.98 Å². The van der Waals surface area contributed by atoms with Gasteiger partial charge in [-0.2, -0.15) is 0 Å². The zero-order valence-corrected chi connectivity index (χ0v) is 18.9. The number of hydrogen-bond acceptors (Lipinski definition) is 4. The van der Waals surface area contributed by atoms with Gasteiger partial charge in [0.1, 0.15) is 11.4 Å². The van der Waals surface area contributed by atoms with E-state index in [9.17, 15) is 9.59 Å². The second kappa shape index (κ2) is 7.18. The fourth-order valence-corrected chi connectivity index (χ4v) is 4.60. The molecule has 5 rings (SSSR count). The smallest absolute Gasteiger partial charge is 0.296 e. The number of pyridine rings is 1. The summed E-state index contributed by atoms with van der Waals surface area (Å²) < 4.78 is 7.58. The normalized spacial score (nSPS) is 15.6. The predicted octanol–water partition coefficient (Wildman–Crippen LogP) is 5.77. The van der Waals surface area contributed by atoms with Crippen molar-refractivity contribution >= 4 is 54.6 Å². The Balaban J connectivity index is 1.84. The minimum atomic E-state index is -0.640. The summed E-state index contributed by atoms with van der Waals surface area (Å²) in [5.74, 6) is 0.152. The van der Waals surface area contributed by atoms with Crippen LogP contribution in [0.2, 0.25) is 0 Å². The van der Waals surface area contributed by atoms with Crippen LogP contribution < -0.4 is 10.3 Å². The Morgan fingerprint density at radius 1 is 1.00 bits per heavy atom. The molecule has 4 aromatic rings. The van der Waals surface area contributed by atoms with Gasteiger partial charge in [0.05, 0.1) is 17.0 Å². The van der Waals surface area contributed by atoms with Crippen LogP contribution in [0.1, 0.15) is 33.3 Å². The first kappa shape index (κ1) is 19.2. The third-order valence-electron chi connectivity index (χ3n) is 5.14. The van der Waals surface area contributed by atoms with Crippen molar-refractivity contribution in [2.75, 3.05) is 4.90 Å². The van der Waals surface area contributed by atoms with Crippen LogP contribution in [0, 0.1) is 6.92 Å². The Bertz CT molecular complexity index is 1400. The van der Waals surface area contributed by atoms with Gasteiger partial charge in [-0.3, -0.25) is 14.5 Å². The molecule has 1 aliphatic heterocycles. The van der Waals surface area contributed by atoms with Gasteiger partial charge < -0.3 is 4.42 Å². The van der Waals surface area contributed by atoms with Gasteiger partial charge in [-0.05, 0) is 60.5 Å². The number of nitrogens with zero attached hydrogens (tertiary/aromatic N) is 2. The van der Waals surface area contributed by atoms with Crippen molar-refractivity contribution in [3.05, 3.63) is 102 Å². The molecule has 0 saturated carbocycles. The van der Waals surface area contributed by atoms with Crippen molar-refractivity contribution in [3.8, 4) is 0 Å². The molecule has 0 fully saturated rings. The molecule has 0 spiro atoms. The minimum absolute atomic E-state index is 0.0584. The monoisotopic (exact) mass is 524 g/mol. The lowest BCUT2D eigenvalue weighted by Gasteiger charge is -2.24. The molecule has 1 atom stereocenters. The fourth-order valence-electron chi connectivity index (χ4n) is 3.83. The standard InChI is InChI=1S/C23H14Br2N2O3/c1-12-7-8-26-18(9-12)27-20(13-3-2-4-14(24)10-13)19-21(28)16-11-15(25)5-6-17(16)30-22(19)23(27)29/h2-11,20H,1H3. The summed E-state index contributed by atoms with van der Waals surface area (Å²) in [6.45, 7) is 1.93. The highest BCUT2D eigenvalue weighted by atomic mass is 79.9. The number of carbonyl (C=O) groups excluding carboxylic acids is 1. The molecule has 0 saturated heterocycles. The summed E-state index contributed by atoms with van der Waals surface area (Å²) in [5.41, 5.74) is 2.24. The Morgan fingerprint density at radius 2 is 1.80 bits per heavy atom. The largest absolute Gasteiger partial charge is 0.450 e. The van der Waals surface area contributed by atoms with Gasteiger partial charge in [-0.25, -0.2) is 4.98 Å². The van der Waals surface area contributed by atoms with Gasteiger partial charge in [0.25, 0.3) is 5.91 Å². The van der Waals surface area contributed by atoms with E-state index in [1.54, 1.807) is 24.4 Å². The quantitative estimate of drug-likeness (QED) is 0.333. The molecule has 0 N–H and O–H groups in total. The molecule has 0 aliphatic carbocycles. The van der Waals surface area contributed by atoms with E-state index in [0.717, 1.165) is 20.1 Å². The molecule has 3 heterocycles. The summed E-state index contributed by atoms with van der Waals surface area (Å²) in [6.07, 6.45) is 1.65. The number of aryl methyl sites for hydroxylation is 1. The maximum atomic E-state index is 13.5. The molecule has 0 bridgehead atoms. The molecule has 2 aromatic heterocycles. The molecule has 148 valence electrons. The molecular weight excluding hydrogens is 512 g/mol. The Hall–Kier alpha value is -2.77. The van der Waals surface area contributed by atoms with Crippen LogP contribution in [-0.2, 0) is 0 Å². The first-order chi connectivity index (χ1) is 14.4. The molecule has 2 aromatic carbocycles. The zero-order valence-electron chi connectivity index (χ0n) is 15.7. The second-order valence-electron chi connectivity index (χ2n) is 7.14. The topological polar surface area (TPSA) is 63.4 Å². The number of hydrogen-bond donors (Lipinski definition) is 0. The van der Waals surface area contributed by atoms with Gasteiger partial charge in [-0.1, -0.05) is 44.0 Å². The summed E-state index contributed by atoms with van der Waals surface area (Å²) in [7, 11) is 0. The maximum Gasteiger partial charge on any atom is 0.296 e. The van der Waals surface area contributed by atoms with Gasteiger partial charge in [0.15, 0.2) is 5.43 Å². The van der Waals surface area contributed by atoms with E-state index in [1.807, 2.05) is 43.3 Å². The van der Waals surface area contributed by atoms with Gasteiger partial charge in [0.2, 0.25) is 5.76 Å². The van der Waals surface area contributed by atoms with Gasteiger partial charge in [-0.15, -0.1) is 0 Å². The molecule has 1 amide bonds. The third-order valence-corrected chi connectivity index (χ3v) is 6.13. The summed E-state index contributed by atoms with van der Waals surface area (Å²) in [6, 6.07) is 15.8. The zero-order chi connectivity index (χ0) is 21.0. The lowest BCUT2D eigenvalue weighted by atomic mass is 9.98. The molecule has 1 unspecified atom stereocenters. The van der Waals surface area contributed by atoms with Gasteiger partial charge >= 0.3 is 0 Å². The first-order valence-electron chi connectivity index (χ1n) is 9.22. The van der Waals surface area contributed by atoms with Crippen molar-refractivity contribution < 1.29 is 9.21 Å². The molecule has 30 heavy (non-hydrogen) atoms. The summed E-state index contributed by atoms with van der Waals surface area (Å²) >= 11 is 6.90. The number of halogens is 2. The molecular formula is C23H14Br2N2O3. The van der Waals surface area contributed by atoms with E-state index < -0.39 is 6.04 Å². The minimum Gasteiger partial charge on any atom is -0.450 e. The Morgan fingerprint density at radius 3 is 2.57 bits per heavy atom. The molecule has 1 aliphatic rings. The number of rotatable bonds is 2. The lowest BCUT2D eigenvalue weighted by molar-refractivity contribution is 0.0970. The summed E-state index contributed by atoms with van der Waals surface area (Å²) in [4.78, 5) is 33.0. The molecule has 5 nitrogen and oxygen atoms in total. The fraction of sp³-hybridized carbons (Fsp3) is 0.0870. The highest BCUT2D eigenvalue weighted by molar-refractivity contribution is 9.10. The number of aromatic nitrogens is 1. The van der Waals surface area contributed by atoms with E-state index >= 15 is 0 Å². The molecule has 7 heteroatoms. The number of fused-ring (bicyclic) bond motifs is 2. The van der Waals surface area contributed by atoms with Crippen molar-refractivity contribution in [1.29, 1.82) is 0 Å². The number of amides is 1. The third kappa shape index (κ3) is 3.00. The van der Waals surface area contributed by atoms with Crippen LogP contribution in [0.25, 0.3) is 11.0 Å². The second-order valence-corrected chi connectivity index (χ2v) is 8.97. The van der Waals surface area contributed by atoms with E-state index in [0.29, 0.717) is 22.4 Å². The van der Waals surface area contributed by atoms with Crippen LogP contribution >= 0.6 is 31.9 Å². The molecule has 0 radical (unpaired) electrons. The highest BCUT2D eigenvalue weighted by Gasteiger charge is 2.44. The van der Waals surface area contributed by atoms with E-state index in [1.165, 1.54) is 4.90 Å². The van der Waals surface area contributed by atoms with Crippen molar-refractivity contribution in [3.63, 3.8) is 0 Å². The highest BCUT2D eigenvalue weighted by Crippen LogP contribution is 2.41. The summed E-state index contributed by atoms with van der Waals surface area (Å²) in [5, 5.41) is 0.426. The van der Waals surface area contributed by atoms with Crippen LogP contribution in [0.5, 0.6) is 0 Å². The van der Waals surface area contributed by atoms with Crippen molar-refractivity contribution in [2.24, 2.45) is 0 Å². The van der Waals surface area contributed by atoms with Crippen molar-refractivity contribution in [2.45, 2.75) is 13.0 Å². The first-order valence-corrected chi connectivity index (χ1v) is 10.8. The van der Waals surface area contributed by atoms with Crippen LogP contribution in [0.3, 0.4) is 0 Å². The number of benzene rings is 2.